The van der Waals surface area contributed by atoms with Gasteiger partial charge in [0.15, 0.2) is 0 Å². The molecule has 0 saturated heterocycles. The molecule has 1 unspecified atom stereocenters. The highest BCUT2D eigenvalue weighted by molar-refractivity contribution is 5.91. The first-order valence-electron chi connectivity index (χ1n) is 6.89. The molecule has 1 atom stereocenters. The molecule has 0 radical (unpaired) electrons. The molecule has 5 heteroatoms. The zero-order valence-electron chi connectivity index (χ0n) is 12.6. The van der Waals surface area contributed by atoms with Gasteiger partial charge in [-0.15, -0.1) is 0 Å². The molecular formula is C17H19NO4. The number of ether oxygens (including phenoxy) is 2. The maximum absolute atomic E-state index is 11.8. The molecule has 0 fully saturated rings. The van der Waals surface area contributed by atoms with Gasteiger partial charge in [-0.3, -0.25) is 4.79 Å². The lowest BCUT2D eigenvalue weighted by atomic mass is 10.1. The molecule has 0 bridgehead atoms. The van der Waals surface area contributed by atoms with E-state index in [2.05, 4.69) is 5.32 Å². The summed E-state index contributed by atoms with van der Waals surface area (Å²) in [6, 6.07) is 11.1. The number of carbonyl (C=O) groups is 1. The van der Waals surface area contributed by atoms with Crippen molar-refractivity contribution >= 4 is 12.0 Å². The summed E-state index contributed by atoms with van der Waals surface area (Å²) in [4.78, 5) is 11.8. The van der Waals surface area contributed by atoms with Gasteiger partial charge in [0.25, 0.3) is 0 Å². The second-order valence-electron chi connectivity index (χ2n) is 4.56. The molecule has 1 heterocycles. The van der Waals surface area contributed by atoms with E-state index in [0.717, 1.165) is 11.3 Å². The van der Waals surface area contributed by atoms with Gasteiger partial charge in [0, 0.05) is 25.3 Å². The highest BCUT2D eigenvalue weighted by atomic mass is 16.5. The molecule has 2 rings (SSSR count). The number of hydrogen-bond acceptors (Lipinski definition) is 4. The Hall–Kier alpha value is -2.53. The van der Waals surface area contributed by atoms with E-state index in [1.54, 1.807) is 38.7 Å². The van der Waals surface area contributed by atoms with Crippen LogP contribution in [0.2, 0.25) is 0 Å². The number of methoxy groups -OCH3 is 2. The van der Waals surface area contributed by atoms with Crippen molar-refractivity contribution in [2.24, 2.45) is 0 Å². The standard InChI is InChI=1S/C17H19NO4/c1-20-15-8-4-3-7-14(15)16(21-2)12-18-17(19)10-9-13-6-5-11-22-13/h3-11,16H,12H2,1-2H3,(H,18,19)/b10-9+. The zero-order valence-corrected chi connectivity index (χ0v) is 12.6. The van der Waals surface area contributed by atoms with Crippen LogP contribution in [0.15, 0.2) is 53.2 Å². The average Bonchev–Trinajstić information content (AvgIpc) is 3.07. The maximum Gasteiger partial charge on any atom is 0.244 e. The molecule has 0 aliphatic carbocycles. The lowest BCUT2D eigenvalue weighted by molar-refractivity contribution is -0.117. The van der Waals surface area contributed by atoms with Gasteiger partial charge in [0.2, 0.25) is 5.91 Å². The van der Waals surface area contributed by atoms with Gasteiger partial charge in [0.05, 0.1) is 13.4 Å². The van der Waals surface area contributed by atoms with E-state index in [4.69, 9.17) is 13.9 Å². The minimum absolute atomic E-state index is 0.214. The zero-order chi connectivity index (χ0) is 15.8. The van der Waals surface area contributed by atoms with Crippen molar-refractivity contribution in [2.45, 2.75) is 6.10 Å². The van der Waals surface area contributed by atoms with E-state index in [1.165, 1.54) is 6.08 Å². The first-order valence-corrected chi connectivity index (χ1v) is 6.89. The Morgan fingerprint density at radius 3 is 2.77 bits per heavy atom. The number of hydrogen-bond donors (Lipinski definition) is 1. The van der Waals surface area contributed by atoms with Crippen LogP contribution < -0.4 is 10.1 Å². The summed E-state index contributed by atoms with van der Waals surface area (Å²) in [6.45, 7) is 0.345. The van der Waals surface area contributed by atoms with Crippen LogP contribution in [-0.4, -0.2) is 26.7 Å². The summed E-state index contributed by atoms with van der Waals surface area (Å²) in [5, 5.41) is 2.80. The van der Waals surface area contributed by atoms with Crippen molar-refractivity contribution in [3.05, 3.63) is 60.1 Å². The molecule has 22 heavy (non-hydrogen) atoms. The number of furan rings is 1. The average molecular weight is 301 g/mol. The van der Waals surface area contributed by atoms with Gasteiger partial charge >= 0.3 is 0 Å². The predicted molar refractivity (Wildman–Crippen MR) is 83.5 cm³/mol. The summed E-state index contributed by atoms with van der Waals surface area (Å²) >= 11 is 0. The number of carbonyl (C=O) groups excluding carboxylic acids is 1. The van der Waals surface area contributed by atoms with Crippen LogP contribution >= 0.6 is 0 Å². The molecule has 0 aliphatic rings. The fourth-order valence-corrected chi connectivity index (χ4v) is 2.05. The largest absolute Gasteiger partial charge is 0.496 e. The van der Waals surface area contributed by atoms with Crippen molar-refractivity contribution in [3.63, 3.8) is 0 Å². The Balaban J connectivity index is 1.94. The third kappa shape index (κ3) is 4.23. The summed E-state index contributed by atoms with van der Waals surface area (Å²) in [7, 11) is 3.21. The van der Waals surface area contributed by atoms with E-state index in [9.17, 15) is 4.79 Å². The number of para-hydroxylation sites is 1. The SMILES string of the molecule is COc1ccccc1C(CNC(=O)/C=C/c1ccco1)OC. The second-order valence-corrected chi connectivity index (χ2v) is 4.56. The molecule has 0 saturated carbocycles. The topological polar surface area (TPSA) is 60.7 Å². The fraction of sp³-hybridized carbons (Fsp3) is 0.235. The second kappa shape index (κ2) is 8.05. The molecule has 1 N–H and O–H groups in total. The quantitative estimate of drug-likeness (QED) is 0.799. The molecule has 2 aromatic rings. The Morgan fingerprint density at radius 1 is 1.27 bits per heavy atom. The first-order chi connectivity index (χ1) is 10.7. The molecule has 1 aromatic carbocycles. The summed E-state index contributed by atoms with van der Waals surface area (Å²) in [5.41, 5.74) is 0.891. The van der Waals surface area contributed by atoms with E-state index in [-0.39, 0.29) is 12.0 Å². The van der Waals surface area contributed by atoms with E-state index >= 15 is 0 Å². The number of rotatable bonds is 7. The Kier molecular flexibility index (Phi) is 5.80. The van der Waals surface area contributed by atoms with Crippen LogP contribution in [0.1, 0.15) is 17.4 Å². The number of amides is 1. The monoisotopic (exact) mass is 301 g/mol. The van der Waals surface area contributed by atoms with Gasteiger partial charge in [-0.1, -0.05) is 18.2 Å². The Bertz CT molecular complexity index is 619. The lowest BCUT2D eigenvalue weighted by Crippen LogP contribution is -2.27. The van der Waals surface area contributed by atoms with Gasteiger partial charge in [-0.2, -0.15) is 0 Å². The van der Waals surface area contributed by atoms with Crippen LogP contribution in [0.25, 0.3) is 6.08 Å². The minimum atomic E-state index is -0.280. The van der Waals surface area contributed by atoms with Crippen LogP contribution in [0.5, 0.6) is 5.75 Å². The van der Waals surface area contributed by atoms with Crippen molar-refractivity contribution in [1.29, 1.82) is 0 Å². The Labute approximate surface area is 129 Å². The summed E-state index contributed by atoms with van der Waals surface area (Å²) in [5.74, 6) is 1.14. The third-order valence-corrected chi connectivity index (χ3v) is 3.17. The van der Waals surface area contributed by atoms with Gasteiger partial charge in [-0.05, 0) is 24.3 Å². The number of benzene rings is 1. The third-order valence-electron chi connectivity index (χ3n) is 3.17. The van der Waals surface area contributed by atoms with E-state index in [0.29, 0.717) is 12.3 Å². The molecular weight excluding hydrogens is 282 g/mol. The normalized spacial score (nSPS) is 12.3. The van der Waals surface area contributed by atoms with Crippen LogP contribution in [0.3, 0.4) is 0 Å². The van der Waals surface area contributed by atoms with Crippen LogP contribution in [0, 0.1) is 0 Å². The molecule has 116 valence electrons. The van der Waals surface area contributed by atoms with Crippen molar-refractivity contribution in [3.8, 4) is 5.75 Å². The highest BCUT2D eigenvalue weighted by Gasteiger charge is 2.15. The lowest BCUT2D eigenvalue weighted by Gasteiger charge is -2.18. The van der Waals surface area contributed by atoms with Crippen molar-refractivity contribution < 1.29 is 18.7 Å². The van der Waals surface area contributed by atoms with Gasteiger partial charge in [0.1, 0.15) is 17.6 Å². The number of nitrogens with one attached hydrogen (secondary N) is 1. The Morgan fingerprint density at radius 2 is 2.09 bits per heavy atom. The highest BCUT2D eigenvalue weighted by Crippen LogP contribution is 2.26. The molecule has 1 amide bonds. The van der Waals surface area contributed by atoms with Gasteiger partial charge in [-0.25, -0.2) is 0 Å². The maximum atomic E-state index is 11.8. The minimum Gasteiger partial charge on any atom is -0.496 e. The molecule has 1 aromatic heterocycles. The predicted octanol–water partition coefficient (Wildman–Crippen LogP) is 2.81. The smallest absolute Gasteiger partial charge is 0.244 e. The molecule has 0 spiro atoms. The fourth-order valence-electron chi connectivity index (χ4n) is 2.05. The van der Waals surface area contributed by atoms with Crippen LogP contribution in [-0.2, 0) is 9.53 Å². The van der Waals surface area contributed by atoms with Gasteiger partial charge < -0.3 is 19.2 Å². The van der Waals surface area contributed by atoms with E-state index in [1.807, 2.05) is 24.3 Å². The van der Waals surface area contributed by atoms with Crippen molar-refractivity contribution in [2.75, 3.05) is 20.8 Å². The van der Waals surface area contributed by atoms with E-state index < -0.39 is 0 Å². The summed E-state index contributed by atoms with van der Waals surface area (Å²) in [6.07, 6.45) is 4.31. The first kappa shape index (κ1) is 15.9. The molecule has 5 nitrogen and oxygen atoms in total. The summed E-state index contributed by atoms with van der Waals surface area (Å²) < 4.78 is 15.9. The van der Waals surface area contributed by atoms with Crippen LogP contribution in [0.4, 0.5) is 0 Å². The van der Waals surface area contributed by atoms with Crippen molar-refractivity contribution in [1.82, 2.24) is 5.32 Å². The molecule has 0 aliphatic heterocycles.